The van der Waals surface area contributed by atoms with E-state index in [2.05, 4.69) is 6.92 Å². The van der Waals surface area contributed by atoms with Gasteiger partial charge in [0.05, 0.1) is 12.2 Å². The van der Waals surface area contributed by atoms with E-state index in [1.807, 2.05) is 6.92 Å². The zero-order chi connectivity index (χ0) is 12.4. The monoisotopic (exact) mass is 241 g/mol. The molecule has 0 amide bonds. The topological polar surface area (TPSA) is 44.5 Å². The van der Waals surface area contributed by atoms with Crippen molar-refractivity contribution in [2.45, 2.75) is 63.5 Å². The molecule has 1 aliphatic carbocycles. The summed E-state index contributed by atoms with van der Waals surface area (Å²) in [6.45, 7) is 6.47. The van der Waals surface area contributed by atoms with Gasteiger partial charge >= 0.3 is 0 Å². The highest BCUT2D eigenvalue weighted by Gasteiger charge is 2.44. The molecule has 0 radical (unpaired) electrons. The lowest BCUT2D eigenvalue weighted by molar-refractivity contribution is -0.109. The third-order valence-electron chi connectivity index (χ3n) is 4.56. The number of hydrogen-bond donors (Lipinski definition) is 1. The van der Waals surface area contributed by atoms with E-state index < -0.39 is 0 Å². The van der Waals surface area contributed by atoms with E-state index in [4.69, 9.17) is 15.2 Å². The molecule has 3 nitrogen and oxygen atoms in total. The van der Waals surface area contributed by atoms with E-state index >= 15 is 0 Å². The van der Waals surface area contributed by atoms with E-state index in [1.165, 1.54) is 25.7 Å². The predicted octanol–water partition coefficient (Wildman–Crippen LogP) is 2.48. The minimum Gasteiger partial charge on any atom is -0.380 e. The second-order valence-electron chi connectivity index (χ2n) is 6.07. The molecular weight excluding hydrogens is 214 g/mol. The molecule has 0 bridgehead atoms. The fourth-order valence-electron chi connectivity index (χ4n) is 3.40. The second-order valence-corrected chi connectivity index (χ2v) is 6.07. The van der Waals surface area contributed by atoms with Crippen LogP contribution in [0.4, 0.5) is 0 Å². The van der Waals surface area contributed by atoms with Crippen LogP contribution in [-0.4, -0.2) is 31.0 Å². The highest BCUT2D eigenvalue weighted by Crippen LogP contribution is 2.44. The summed E-state index contributed by atoms with van der Waals surface area (Å²) in [5, 5.41) is 0. The number of ether oxygens (including phenoxy) is 2. The smallest absolute Gasteiger partial charge is 0.0685 e. The SMILES string of the molecule is CCOCC(C)(N)C1CCOC2(CCCC2)C1. The Balaban J connectivity index is 1.96. The van der Waals surface area contributed by atoms with E-state index in [-0.39, 0.29) is 11.1 Å². The first-order valence-electron chi connectivity index (χ1n) is 7.09. The van der Waals surface area contributed by atoms with Gasteiger partial charge in [-0.15, -0.1) is 0 Å². The minimum absolute atomic E-state index is 0.162. The summed E-state index contributed by atoms with van der Waals surface area (Å²) in [6, 6.07) is 0. The number of hydrogen-bond acceptors (Lipinski definition) is 3. The Bertz CT molecular complexity index is 247. The lowest BCUT2D eigenvalue weighted by Gasteiger charge is -2.44. The third kappa shape index (κ3) is 3.01. The summed E-state index contributed by atoms with van der Waals surface area (Å²) >= 11 is 0. The molecule has 0 aromatic heterocycles. The Morgan fingerprint density at radius 2 is 2.12 bits per heavy atom. The normalized spacial score (nSPS) is 31.6. The predicted molar refractivity (Wildman–Crippen MR) is 69.0 cm³/mol. The Morgan fingerprint density at radius 3 is 2.76 bits per heavy atom. The minimum atomic E-state index is -0.199. The molecule has 2 N–H and O–H groups in total. The second kappa shape index (κ2) is 5.25. The van der Waals surface area contributed by atoms with Crippen molar-refractivity contribution in [3.05, 3.63) is 0 Å². The van der Waals surface area contributed by atoms with Crippen molar-refractivity contribution in [1.82, 2.24) is 0 Å². The lowest BCUT2D eigenvalue weighted by Crippen LogP contribution is -2.53. The molecular formula is C14H27NO2. The average molecular weight is 241 g/mol. The van der Waals surface area contributed by atoms with E-state index in [0.717, 1.165) is 26.1 Å². The molecule has 1 spiro atoms. The van der Waals surface area contributed by atoms with Crippen molar-refractivity contribution in [2.24, 2.45) is 11.7 Å². The fourth-order valence-corrected chi connectivity index (χ4v) is 3.40. The van der Waals surface area contributed by atoms with Crippen molar-refractivity contribution in [3.63, 3.8) is 0 Å². The first kappa shape index (κ1) is 13.3. The van der Waals surface area contributed by atoms with Crippen molar-refractivity contribution in [3.8, 4) is 0 Å². The van der Waals surface area contributed by atoms with Gasteiger partial charge in [-0.1, -0.05) is 12.8 Å². The van der Waals surface area contributed by atoms with E-state index in [1.54, 1.807) is 0 Å². The summed E-state index contributed by atoms with van der Waals surface area (Å²) in [7, 11) is 0. The molecule has 2 unspecified atom stereocenters. The van der Waals surface area contributed by atoms with Gasteiger partial charge in [0.2, 0.25) is 0 Å². The van der Waals surface area contributed by atoms with Crippen LogP contribution in [0.15, 0.2) is 0 Å². The summed E-state index contributed by atoms with van der Waals surface area (Å²) in [5.74, 6) is 0.542. The van der Waals surface area contributed by atoms with E-state index in [0.29, 0.717) is 12.5 Å². The maximum absolute atomic E-state index is 6.45. The molecule has 2 atom stereocenters. The largest absolute Gasteiger partial charge is 0.380 e. The van der Waals surface area contributed by atoms with Crippen LogP contribution in [0.1, 0.15) is 52.4 Å². The zero-order valence-electron chi connectivity index (χ0n) is 11.3. The summed E-state index contributed by atoms with van der Waals surface area (Å²) in [5.41, 5.74) is 6.41. The van der Waals surface area contributed by atoms with Gasteiger partial charge in [0, 0.05) is 18.8 Å². The van der Waals surface area contributed by atoms with Gasteiger partial charge in [-0.25, -0.2) is 0 Å². The Labute approximate surface area is 105 Å². The Hall–Kier alpha value is -0.120. The molecule has 3 heteroatoms. The van der Waals surface area contributed by atoms with Gasteiger partial charge in [-0.05, 0) is 45.4 Å². The summed E-state index contributed by atoms with van der Waals surface area (Å²) < 4.78 is 11.6. The van der Waals surface area contributed by atoms with Crippen LogP contribution in [0, 0.1) is 5.92 Å². The molecule has 1 aliphatic heterocycles. The van der Waals surface area contributed by atoms with Crippen LogP contribution in [0.25, 0.3) is 0 Å². The number of rotatable bonds is 4. The van der Waals surface area contributed by atoms with Gasteiger partial charge in [0.25, 0.3) is 0 Å². The van der Waals surface area contributed by atoms with Crippen LogP contribution in [0.5, 0.6) is 0 Å². The molecule has 1 heterocycles. The molecule has 100 valence electrons. The Morgan fingerprint density at radius 1 is 1.41 bits per heavy atom. The maximum atomic E-state index is 6.45. The average Bonchev–Trinajstić information content (AvgIpc) is 2.75. The molecule has 1 saturated heterocycles. The Kier molecular flexibility index (Phi) is 4.11. The van der Waals surface area contributed by atoms with Gasteiger partial charge in [-0.2, -0.15) is 0 Å². The molecule has 2 rings (SSSR count). The molecule has 2 aliphatic rings. The fraction of sp³-hybridized carbons (Fsp3) is 1.00. The van der Waals surface area contributed by atoms with Gasteiger partial charge in [0.15, 0.2) is 0 Å². The summed E-state index contributed by atoms with van der Waals surface area (Å²) in [6.07, 6.45) is 7.32. The first-order valence-corrected chi connectivity index (χ1v) is 7.09. The van der Waals surface area contributed by atoms with Crippen LogP contribution < -0.4 is 5.73 Å². The molecule has 2 fully saturated rings. The standard InChI is InChI=1S/C14H27NO2/c1-3-16-11-13(2,15)12-6-9-17-14(10-12)7-4-5-8-14/h12H,3-11,15H2,1-2H3. The first-order chi connectivity index (χ1) is 8.08. The van der Waals surface area contributed by atoms with Crippen LogP contribution >= 0.6 is 0 Å². The van der Waals surface area contributed by atoms with Crippen molar-refractivity contribution >= 4 is 0 Å². The van der Waals surface area contributed by atoms with Crippen molar-refractivity contribution in [2.75, 3.05) is 19.8 Å². The highest BCUT2D eigenvalue weighted by atomic mass is 16.5. The van der Waals surface area contributed by atoms with Crippen molar-refractivity contribution < 1.29 is 9.47 Å². The molecule has 0 aromatic rings. The van der Waals surface area contributed by atoms with Crippen molar-refractivity contribution in [1.29, 1.82) is 0 Å². The van der Waals surface area contributed by atoms with Crippen LogP contribution in [0.3, 0.4) is 0 Å². The third-order valence-corrected chi connectivity index (χ3v) is 4.56. The highest BCUT2D eigenvalue weighted by molar-refractivity contribution is 4.98. The zero-order valence-corrected chi connectivity index (χ0v) is 11.3. The maximum Gasteiger partial charge on any atom is 0.0685 e. The van der Waals surface area contributed by atoms with Crippen LogP contribution in [-0.2, 0) is 9.47 Å². The lowest BCUT2D eigenvalue weighted by atomic mass is 9.75. The number of nitrogens with two attached hydrogens (primary N) is 1. The molecule has 1 saturated carbocycles. The van der Waals surface area contributed by atoms with Gasteiger partial charge in [0.1, 0.15) is 0 Å². The van der Waals surface area contributed by atoms with E-state index in [9.17, 15) is 0 Å². The summed E-state index contributed by atoms with van der Waals surface area (Å²) in [4.78, 5) is 0. The van der Waals surface area contributed by atoms with Gasteiger partial charge in [-0.3, -0.25) is 0 Å². The molecule has 0 aromatic carbocycles. The molecule has 17 heavy (non-hydrogen) atoms. The van der Waals surface area contributed by atoms with Crippen LogP contribution in [0.2, 0.25) is 0 Å². The van der Waals surface area contributed by atoms with Gasteiger partial charge < -0.3 is 15.2 Å². The quantitative estimate of drug-likeness (QED) is 0.822.